The fourth-order valence-corrected chi connectivity index (χ4v) is 2.10. The number of rotatable bonds is 10. The molecule has 0 spiro atoms. The van der Waals surface area contributed by atoms with Crippen LogP contribution >= 0.6 is 0 Å². The number of hydrogen-bond donors (Lipinski definition) is 0. The molecule has 0 aromatic rings. The molecule has 0 aromatic carbocycles. The zero-order valence-electron chi connectivity index (χ0n) is 12.0. The van der Waals surface area contributed by atoms with Gasteiger partial charge in [-0.2, -0.15) is 17.6 Å². The van der Waals surface area contributed by atoms with Gasteiger partial charge < -0.3 is 4.55 Å². The Bertz CT molecular complexity index is 389. The molecule has 0 rings (SSSR count). The normalized spacial score (nSPS) is 14.6. The fraction of sp³-hybridized carbons (Fsp3) is 1.00. The summed E-state index contributed by atoms with van der Waals surface area (Å²) in [4.78, 5) is 0. The molecule has 0 fully saturated rings. The Labute approximate surface area is 164 Å². The Morgan fingerprint density at radius 3 is 1.86 bits per heavy atom. The van der Waals surface area contributed by atoms with E-state index >= 15 is 0 Å². The predicted molar refractivity (Wildman–Crippen MR) is 62.5 cm³/mol. The van der Waals surface area contributed by atoms with E-state index in [9.17, 15) is 34.9 Å². The number of halogens is 5. The summed E-state index contributed by atoms with van der Waals surface area (Å²) in [7, 11) is -6.62. The molecule has 0 amide bonds. The van der Waals surface area contributed by atoms with E-state index in [0.717, 1.165) is 19.3 Å². The van der Waals surface area contributed by atoms with Gasteiger partial charge in [-0.25, -0.2) is 12.8 Å². The first-order valence-corrected chi connectivity index (χ1v) is 7.74. The molecule has 1 unspecified atom stereocenters. The van der Waals surface area contributed by atoms with Crippen molar-refractivity contribution in [2.45, 2.75) is 69.2 Å². The van der Waals surface area contributed by atoms with E-state index in [2.05, 4.69) is 0 Å². The van der Waals surface area contributed by atoms with Gasteiger partial charge in [-0.3, -0.25) is 0 Å². The molecule has 21 heavy (non-hydrogen) atoms. The molecule has 0 saturated heterocycles. The van der Waals surface area contributed by atoms with Gasteiger partial charge in [-0.15, -0.1) is 0 Å². The van der Waals surface area contributed by atoms with Gasteiger partial charge >= 0.3 is 62.6 Å². The van der Waals surface area contributed by atoms with E-state index in [1.54, 1.807) is 0 Å². The van der Waals surface area contributed by atoms with E-state index in [0.29, 0.717) is 12.8 Å². The number of unbranched alkanes of at least 4 members (excludes halogenated alkanes) is 5. The minimum Gasteiger partial charge on any atom is -0.743 e. The molecule has 0 heterocycles. The summed E-state index contributed by atoms with van der Waals surface area (Å²) in [5.74, 6) is -5.52. The zero-order chi connectivity index (χ0) is 16.0. The summed E-state index contributed by atoms with van der Waals surface area (Å²) in [6, 6.07) is 0. The first kappa shape index (κ1) is 24.4. The van der Waals surface area contributed by atoms with Crippen molar-refractivity contribution in [1.29, 1.82) is 0 Å². The van der Waals surface area contributed by atoms with Crippen LogP contribution in [0.4, 0.5) is 22.0 Å². The van der Waals surface area contributed by atoms with E-state index in [1.165, 1.54) is 0 Å². The summed E-state index contributed by atoms with van der Waals surface area (Å²) in [6.07, 6.45) is -0.602. The van der Waals surface area contributed by atoms with E-state index in [-0.39, 0.29) is 57.8 Å². The maximum absolute atomic E-state index is 13.1. The average molecular weight is 364 g/mol. The third-order valence-electron chi connectivity index (χ3n) is 2.91. The molecule has 122 valence electrons. The van der Waals surface area contributed by atoms with Gasteiger partial charge in [0, 0.05) is 0 Å². The summed E-state index contributed by atoms with van der Waals surface area (Å²) < 4.78 is 95.0. The molecule has 0 aliphatic rings. The van der Waals surface area contributed by atoms with E-state index in [1.807, 2.05) is 6.92 Å². The van der Waals surface area contributed by atoms with Crippen molar-refractivity contribution in [3.8, 4) is 0 Å². The summed E-state index contributed by atoms with van der Waals surface area (Å²) in [5.41, 5.74) is 0. The Balaban J connectivity index is 0. The number of alkyl halides is 5. The average Bonchev–Trinajstić information content (AvgIpc) is 2.31. The molecule has 0 aliphatic carbocycles. The largest absolute Gasteiger partial charge is 1.00 e. The SMILES string of the molecule is CCCCCCCCC(F)C(F)(F)C(F)(F)S(=O)(=O)[O-].[K+]. The van der Waals surface area contributed by atoms with Crippen LogP contribution in [-0.2, 0) is 10.1 Å². The van der Waals surface area contributed by atoms with Gasteiger partial charge in [-0.1, -0.05) is 45.4 Å². The van der Waals surface area contributed by atoms with Crippen LogP contribution in [-0.4, -0.2) is 30.3 Å². The molecular formula is C11H18F5KO3S. The van der Waals surface area contributed by atoms with Crippen LogP contribution in [0, 0.1) is 0 Å². The smallest absolute Gasteiger partial charge is 0.743 e. The van der Waals surface area contributed by atoms with Crippen molar-refractivity contribution in [2.75, 3.05) is 0 Å². The van der Waals surface area contributed by atoms with E-state index < -0.39 is 33.9 Å². The monoisotopic (exact) mass is 364 g/mol. The summed E-state index contributed by atoms with van der Waals surface area (Å²) in [6.45, 7) is 1.96. The van der Waals surface area contributed by atoms with Crippen LogP contribution in [0.1, 0.15) is 51.9 Å². The molecule has 0 aliphatic heterocycles. The van der Waals surface area contributed by atoms with Gasteiger partial charge in [0.05, 0.1) is 0 Å². The van der Waals surface area contributed by atoms with E-state index in [4.69, 9.17) is 0 Å². The third kappa shape index (κ3) is 7.09. The Hall–Kier alpha value is 1.20. The minimum absolute atomic E-state index is 0. The molecule has 1 atom stereocenters. The molecular weight excluding hydrogens is 346 g/mol. The van der Waals surface area contributed by atoms with Crippen molar-refractivity contribution in [2.24, 2.45) is 0 Å². The molecule has 0 bridgehead atoms. The molecule has 0 aromatic heterocycles. The van der Waals surface area contributed by atoms with Gasteiger partial charge in [0.1, 0.15) is 0 Å². The molecule has 0 radical (unpaired) electrons. The molecule has 0 N–H and O–H groups in total. The van der Waals surface area contributed by atoms with Crippen molar-refractivity contribution in [3.63, 3.8) is 0 Å². The van der Waals surface area contributed by atoms with Crippen molar-refractivity contribution >= 4 is 10.1 Å². The minimum atomic E-state index is -6.62. The van der Waals surface area contributed by atoms with Crippen LogP contribution in [0.3, 0.4) is 0 Å². The second-order valence-corrected chi connectivity index (χ2v) is 6.04. The number of hydrogen-bond acceptors (Lipinski definition) is 3. The molecule has 0 saturated carbocycles. The standard InChI is InChI=1S/C11H19F5O3S.K/c1-2-3-4-5-6-7-8-9(12)10(13,14)11(15,16)20(17,18)19;/h9H,2-8H2,1H3,(H,17,18,19);/q;+1/p-1. The first-order chi connectivity index (χ1) is 8.98. The van der Waals surface area contributed by atoms with Crippen molar-refractivity contribution < 1.29 is 86.3 Å². The quantitative estimate of drug-likeness (QED) is 0.250. The molecule has 3 nitrogen and oxygen atoms in total. The fourth-order valence-electron chi connectivity index (χ4n) is 1.63. The van der Waals surface area contributed by atoms with Crippen molar-refractivity contribution in [3.05, 3.63) is 0 Å². The third-order valence-corrected chi connectivity index (χ3v) is 3.81. The van der Waals surface area contributed by atoms with Crippen LogP contribution in [0.25, 0.3) is 0 Å². The van der Waals surface area contributed by atoms with Gasteiger partial charge in [0.25, 0.3) is 0 Å². The summed E-state index contributed by atoms with van der Waals surface area (Å²) in [5, 5.41) is -5.94. The van der Waals surface area contributed by atoms with Gasteiger partial charge in [0.15, 0.2) is 16.3 Å². The predicted octanol–water partition coefficient (Wildman–Crippen LogP) is 0.852. The maximum atomic E-state index is 13.1. The second kappa shape index (κ2) is 10.1. The summed E-state index contributed by atoms with van der Waals surface area (Å²) >= 11 is 0. The Morgan fingerprint density at radius 2 is 1.43 bits per heavy atom. The van der Waals surface area contributed by atoms with Crippen LogP contribution in [0.2, 0.25) is 0 Å². The van der Waals surface area contributed by atoms with Crippen LogP contribution < -0.4 is 51.4 Å². The van der Waals surface area contributed by atoms with Gasteiger partial charge in [-0.05, 0) is 6.42 Å². The first-order valence-electron chi connectivity index (χ1n) is 6.33. The Morgan fingerprint density at radius 1 is 1.00 bits per heavy atom. The molecule has 10 heteroatoms. The second-order valence-electron chi connectivity index (χ2n) is 4.62. The van der Waals surface area contributed by atoms with Crippen LogP contribution in [0.5, 0.6) is 0 Å². The zero-order valence-corrected chi connectivity index (χ0v) is 16.0. The van der Waals surface area contributed by atoms with Crippen molar-refractivity contribution in [1.82, 2.24) is 0 Å². The van der Waals surface area contributed by atoms with Gasteiger partial charge in [0.2, 0.25) is 0 Å². The topological polar surface area (TPSA) is 57.2 Å². The Kier molecular flexibility index (Phi) is 11.8. The van der Waals surface area contributed by atoms with Crippen LogP contribution in [0.15, 0.2) is 0 Å². The maximum Gasteiger partial charge on any atom is 1.00 e.